The van der Waals surface area contributed by atoms with Gasteiger partial charge in [0.15, 0.2) is 0 Å². The third kappa shape index (κ3) is 1.22. The molecule has 1 aliphatic carbocycles. The van der Waals surface area contributed by atoms with E-state index in [1.54, 1.807) is 5.57 Å². The fourth-order valence-corrected chi connectivity index (χ4v) is 3.58. The number of rotatable bonds is 1. The zero-order chi connectivity index (χ0) is 7.72. The third-order valence-corrected chi connectivity index (χ3v) is 4.94. The van der Waals surface area contributed by atoms with E-state index >= 15 is 0 Å². The Labute approximate surface area is 69.9 Å². The monoisotopic (exact) mass is 196 g/mol. The first-order valence-corrected chi connectivity index (χ1v) is 7.01. The van der Waals surface area contributed by atoms with E-state index < -0.39 is 0 Å². The summed E-state index contributed by atoms with van der Waals surface area (Å²) in [7, 11) is 0. The van der Waals surface area contributed by atoms with Crippen LogP contribution in [0.5, 0.6) is 0 Å². The minimum atomic E-state index is 0.256. The van der Waals surface area contributed by atoms with Crippen LogP contribution in [-0.2, 0) is 0 Å². The standard InChI is InChI=1S/C9H14Ge/c1-6-5-9(10-4)8(3)7(6)2/h5,9H,1-4H3. The van der Waals surface area contributed by atoms with Crippen molar-refractivity contribution in [2.24, 2.45) is 0 Å². The Morgan fingerprint density at radius 1 is 1.30 bits per heavy atom. The molecule has 2 radical (unpaired) electrons. The summed E-state index contributed by atoms with van der Waals surface area (Å²) in [4.78, 5) is 0. The molecule has 0 aromatic rings. The molecule has 0 heterocycles. The number of allylic oxidation sites excluding steroid dienone is 4. The van der Waals surface area contributed by atoms with Crippen molar-refractivity contribution in [3.8, 4) is 0 Å². The SMILES string of the molecule is [CH3][Ge][CH]1C=C(C)C(C)=C1C. The quantitative estimate of drug-likeness (QED) is 0.564. The molecule has 0 saturated carbocycles. The summed E-state index contributed by atoms with van der Waals surface area (Å²) >= 11 is 0.256. The van der Waals surface area contributed by atoms with E-state index in [4.69, 9.17) is 0 Å². The van der Waals surface area contributed by atoms with Gasteiger partial charge in [-0.1, -0.05) is 0 Å². The van der Waals surface area contributed by atoms with Crippen LogP contribution in [-0.4, -0.2) is 15.4 Å². The Balaban J connectivity index is 2.88. The van der Waals surface area contributed by atoms with Crippen LogP contribution in [0, 0.1) is 0 Å². The molecule has 0 aromatic heterocycles. The van der Waals surface area contributed by atoms with Crippen molar-refractivity contribution < 1.29 is 0 Å². The molecule has 0 aliphatic heterocycles. The molecule has 0 fully saturated rings. The van der Waals surface area contributed by atoms with Crippen molar-refractivity contribution in [1.82, 2.24) is 0 Å². The van der Waals surface area contributed by atoms with Gasteiger partial charge in [-0.15, -0.1) is 0 Å². The van der Waals surface area contributed by atoms with Crippen molar-refractivity contribution in [3.05, 3.63) is 22.8 Å². The van der Waals surface area contributed by atoms with Gasteiger partial charge >= 0.3 is 69.5 Å². The van der Waals surface area contributed by atoms with Gasteiger partial charge in [0.25, 0.3) is 0 Å². The van der Waals surface area contributed by atoms with E-state index in [1.165, 1.54) is 11.1 Å². The van der Waals surface area contributed by atoms with Crippen LogP contribution in [0.3, 0.4) is 0 Å². The van der Waals surface area contributed by atoms with Gasteiger partial charge in [0.1, 0.15) is 0 Å². The average molecular weight is 195 g/mol. The van der Waals surface area contributed by atoms with Crippen molar-refractivity contribution in [2.45, 2.75) is 31.3 Å². The first kappa shape index (κ1) is 8.12. The second-order valence-corrected chi connectivity index (χ2v) is 5.44. The van der Waals surface area contributed by atoms with Crippen molar-refractivity contribution >= 4 is 15.4 Å². The van der Waals surface area contributed by atoms with Gasteiger partial charge < -0.3 is 0 Å². The molecule has 0 spiro atoms. The molecule has 1 rings (SSSR count). The number of hydrogen-bond donors (Lipinski definition) is 0. The molecule has 0 aromatic carbocycles. The summed E-state index contributed by atoms with van der Waals surface area (Å²) in [5.74, 6) is 2.37. The zero-order valence-corrected chi connectivity index (χ0v) is 9.25. The Hall–Kier alpha value is 0.0229. The molecule has 0 bridgehead atoms. The predicted molar refractivity (Wildman–Crippen MR) is 47.5 cm³/mol. The maximum absolute atomic E-state index is 2.44. The Bertz CT molecular complexity index is 199. The summed E-state index contributed by atoms with van der Waals surface area (Å²) in [5.41, 5.74) is 4.67. The van der Waals surface area contributed by atoms with Crippen molar-refractivity contribution in [2.75, 3.05) is 0 Å². The van der Waals surface area contributed by atoms with E-state index in [-0.39, 0.29) is 15.4 Å². The maximum atomic E-state index is 2.44. The second-order valence-electron chi connectivity index (χ2n) is 2.92. The first-order valence-electron chi connectivity index (χ1n) is 3.70. The normalized spacial score (nSPS) is 25.6. The van der Waals surface area contributed by atoms with Gasteiger partial charge in [0.05, 0.1) is 0 Å². The van der Waals surface area contributed by atoms with Crippen LogP contribution < -0.4 is 0 Å². The fourth-order valence-electron chi connectivity index (χ4n) is 1.34. The van der Waals surface area contributed by atoms with Crippen LogP contribution in [0.25, 0.3) is 0 Å². The number of hydrogen-bond acceptors (Lipinski definition) is 0. The Morgan fingerprint density at radius 2 is 1.90 bits per heavy atom. The Morgan fingerprint density at radius 3 is 2.10 bits per heavy atom. The van der Waals surface area contributed by atoms with E-state index in [9.17, 15) is 0 Å². The third-order valence-electron chi connectivity index (χ3n) is 2.38. The van der Waals surface area contributed by atoms with Crippen LogP contribution in [0.15, 0.2) is 22.8 Å². The summed E-state index contributed by atoms with van der Waals surface area (Å²) < 4.78 is 0.861. The zero-order valence-electron chi connectivity index (χ0n) is 7.15. The first-order chi connectivity index (χ1) is 4.66. The average Bonchev–Trinajstić information content (AvgIpc) is 2.17. The van der Waals surface area contributed by atoms with Gasteiger partial charge in [-0.3, -0.25) is 0 Å². The molecule has 0 nitrogen and oxygen atoms in total. The van der Waals surface area contributed by atoms with Gasteiger partial charge in [-0.2, -0.15) is 0 Å². The van der Waals surface area contributed by atoms with Gasteiger partial charge in [-0.05, 0) is 0 Å². The topological polar surface area (TPSA) is 0 Å². The molecular formula is C9H14Ge. The molecule has 0 N–H and O–H groups in total. The van der Waals surface area contributed by atoms with E-state index in [0.717, 1.165) is 4.75 Å². The molecule has 0 saturated heterocycles. The summed E-state index contributed by atoms with van der Waals surface area (Å²) in [5, 5.41) is 0. The second kappa shape index (κ2) is 2.95. The molecule has 54 valence electrons. The van der Waals surface area contributed by atoms with E-state index in [1.807, 2.05) is 0 Å². The molecule has 1 heteroatoms. The molecule has 1 atom stereocenters. The summed E-state index contributed by atoms with van der Waals surface area (Å²) in [6.45, 7) is 6.74. The van der Waals surface area contributed by atoms with Crippen molar-refractivity contribution in [3.63, 3.8) is 0 Å². The van der Waals surface area contributed by atoms with E-state index in [2.05, 4.69) is 32.6 Å². The van der Waals surface area contributed by atoms with Crippen LogP contribution in [0.1, 0.15) is 20.8 Å². The van der Waals surface area contributed by atoms with Gasteiger partial charge in [0, 0.05) is 0 Å². The van der Waals surface area contributed by atoms with Crippen LogP contribution in [0.4, 0.5) is 0 Å². The van der Waals surface area contributed by atoms with Crippen LogP contribution in [0.2, 0.25) is 10.5 Å². The molecule has 1 unspecified atom stereocenters. The Kier molecular flexibility index (Phi) is 2.40. The summed E-state index contributed by atoms with van der Waals surface area (Å²) in [6.07, 6.45) is 2.44. The minimum absolute atomic E-state index is 0.256. The molecule has 0 amide bonds. The fraction of sp³-hybridized carbons (Fsp3) is 0.556. The molecule has 10 heavy (non-hydrogen) atoms. The molecular weight excluding hydrogens is 181 g/mol. The van der Waals surface area contributed by atoms with Crippen LogP contribution >= 0.6 is 0 Å². The van der Waals surface area contributed by atoms with E-state index in [0.29, 0.717) is 0 Å². The van der Waals surface area contributed by atoms with Gasteiger partial charge in [0.2, 0.25) is 0 Å². The summed E-state index contributed by atoms with van der Waals surface area (Å²) in [6, 6.07) is 0. The van der Waals surface area contributed by atoms with Crippen molar-refractivity contribution in [1.29, 1.82) is 0 Å². The molecule has 1 aliphatic rings. The predicted octanol–water partition coefficient (Wildman–Crippen LogP) is 2.82. The van der Waals surface area contributed by atoms with Gasteiger partial charge in [-0.25, -0.2) is 0 Å².